The van der Waals surface area contributed by atoms with Gasteiger partial charge in [-0.3, -0.25) is 4.79 Å². The highest BCUT2D eigenvalue weighted by Gasteiger charge is 2.69. The highest BCUT2D eigenvalue weighted by Crippen LogP contribution is 2.70. The molecule has 168 valence electrons. The molecule has 5 rings (SSSR count). The first-order valence-electron chi connectivity index (χ1n) is 11.9. The zero-order valence-corrected chi connectivity index (χ0v) is 18.9. The molecule has 4 aliphatic rings. The molecule has 0 aliphatic heterocycles. The van der Waals surface area contributed by atoms with Crippen molar-refractivity contribution in [1.82, 2.24) is 0 Å². The van der Waals surface area contributed by atoms with Crippen LogP contribution in [0.3, 0.4) is 0 Å². The molecule has 1 heterocycles. The van der Waals surface area contributed by atoms with Gasteiger partial charge in [-0.15, -0.1) is 0 Å². The van der Waals surface area contributed by atoms with Crippen LogP contribution in [-0.2, 0) is 9.53 Å². The summed E-state index contributed by atoms with van der Waals surface area (Å²) in [7, 11) is 0. The van der Waals surface area contributed by atoms with Crippen LogP contribution in [-0.4, -0.2) is 22.8 Å². The summed E-state index contributed by atoms with van der Waals surface area (Å²) in [6.45, 7) is 6.01. The first kappa shape index (κ1) is 21.0. The molecule has 1 N–H and O–H groups in total. The number of ether oxygens (including phenoxy) is 1. The minimum atomic E-state index is -0.931. The molecule has 3 saturated carbocycles. The second kappa shape index (κ2) is 7.06. The van der Waals surface area contributed by atoms with Crippen molar-refractivity contribution in [2.75, 3.05) is 0 Å². The summed E-state index contributed by atoms with van der Waals surface area (Å²) in [6, 6.07) is 3.20. The summed E-state index contributed by atoms with van der Waals surface area (Å²) in [6.07, 6.45) is 11.7. The van der Waals surface area contributed by atoms with Crippen molar-refractivity contribution < 1.29 is 19.1 Å². The van der Waals surface area contributed by atoms with Gasteiger partial charge < -0.3 is 14.3 Å². The second-order valence-corrected chi connectivity index (χ2v) is 10.9. The molecule has 0 aromatic carbocycles. The molecule has 0 saturated heterocycles. The molecule has 0 radical (unpaired) electrons. The van der Waals surface area contributed by atoms with E-state index >= 15 is 0 Å². The van der Waals surface area contributed by atoms with E-state index in [0.717, 1.165) is 24.8 Å². The smallest absolute Gasteiger partial charge is 0.335 e. The van der Waals surface area contributed by atoms with Crippen molar-refractivity contribution in [3.05, 3.63) is 46.0 Å². The standard InChI is InChI=1S/C26H34O5/c1-16(27)31-21-14-26(29)20-9-8-18-6-4-5-12-24(18,2)19(20)11-13-25(26,3)23(21)17-7-10-22(28)30-15-17/h7-8,10,15,19-21,23,29H,4-6,9,11-14H2,1-3H3. The molecule has 7 atom stereocenters. The van der Waals surface area contributed by atoms with Crippen molar-refractivity contribution in [3.63, 3.8) is 0 Å². The topological polar surface area (TPSA) is 76.7 Å². The van der Waals surface area contributed by atoms with Gasteiger partial charge in [-0.05, 0) is 67.4 Å². The normalized spacial score (nSPS) is 43.9. The van der Waals surface area contributed by atoms with Crippen molar-refractivity contribution >= 4 is 5.97 Å². The molecule has 5 nitrogen and oxygen atoms in total. The summed E-state index contributed by atoms with van der Waals surface area (Å²) in [5.41, 5.74) is 0.822. The van der Waals surface area contributed by atoms with Crippen LogP contribution in [0.15, 0.2) is 39.3 Å². The molecule has 3 fully saturated rings. The Hall–Kier alpha value is -1.88. The molecule has 7 unspecified atom stereocenters. The number of rotatable bonds is 2. The lowest BCUT2D eigenvalue weighted by molar-refractivity contribution is -0.171. The number of carbonyl (C=O) groups is 1. The minimum absolute atomic E-state index is 0.150. The van der Waals surface area contributed by atoms with Gasteiger partial charge in [0.1, 0.15) is 6.10 Å². The van der Waals surface area contributed by atoms with E-state index in [1.165, 1.54) is 44.9 Å². The van der Waals surface area contributed by atoms with Crippen LogP contribution in [0, 0.1) is 22.7 Å². The summed E-state index contributed by atoms with van der Waals surface area (Å²) >= 11 is 0. The number of allylic oxidation sites excluding steroid dienone is 2. The number of hydrogen-bond acceptors (Lipinski definition) is 5. The Kier molecular flexibility index (Phi) is 4.78. The Balaban J connectivity index is 1.59. The Morgan fingerprint density at radius 1 is 1.19 bits per heavy atom. The quantitative estimate of drug-likeness (QED) is 0.546. The van der Waals surface area contributed by atoms with E-state index in [0.29, 0.717) is 12.3 Å². The zero-order chi connectivity index (χ0) is 22.0. The van der Waals surface area contributed by atoms with Gasteiger partial charge >= 0.3 is 11.6 Å². The van der Waals surface area contributed by atoms with E-state index in [-0.39, 0.29) is 23.2 Å². The molecule has 5 heteroatoms. The number of fused-ring (bicyclic) bond motifs is 5. The van der Waals surface area contributed by atoms with Crippen LogP contribution < -0.4 is 5.63 Å². The molecular weight excluding hydrogens is 392 g/mol. The predicted octanol–water partition coefficient (Wildman–Crippen LogP) is 4.73. The third-order valence-electron chi connectivity index (χ3n) is 9.60. The lowest BCUT2D eigenvalue weighted by Gasteiger charge is -2.60. The predicted molar refractivity (Wildman–Crippen MR) is 116 cm³/mol. The molecular formula is C26H34O5. The van der Waals surface area contributed by atoms with Gasteiger partial charge in [0.05, 0.1) is 11.9 Å². The second-order valence-electron chi connectivity index (χ2n) is 10.9. The van der Waals surface area contributed by atoms with Crippen LogP contribution in [0.1, 0.15) is 83.6 Å². The van der Waals surface area contributed by atoms with Gasteiger partial charge in [0, 0.05) is 30.7 Å². The van der Waals surface area contributed by atoms with E-state index in [1.54, 1.807) is 11.6 Å². The Bertz CT molecular complexity index is 958. The highest BCUT2D eigenvalue weighted by atomic mass is 16.5. The van der Waals surface area contributed by atoms with Crippen LogP contribution in [0.2, 0.25) is 0 Å². The van der Waals surface area contributed by atoms with Crippen molar-refractivity contribution in [3.8, 4) is 0 Å². The first-order valence-corrected chi connectivity index (χ1v) is 11.9. The maximum atomic E-state index is 12.4. The summed E-state index contributed by atoms with van der Waals surface area (Å²) in [5, 5.41) is 12.4. The molecule has 1 aromatic heterocycles. The maximum absolute atomic E-state index is 12.4. The summed E-state index contributed by atoms with van der Waals surface area (Å²) in [4.78, 5) is 23.6. The fraction of sp³-hybridized carbons (Fsp3) is 0.692. The summed E-state index contributed by atoms with van der Waals surface area (Å²) < 4.78 is 11.0. The average molecular weight is 427 g/mol. The number of esters is 1. The van der Waals surface area contributed by atoms with Gasteiger partial charge in [-0.25, -0.2) is 4.79 Å². The van der Waals surface area contributed by atoms with E-state index in [2.05, 4.69) is 19.9 Å². The van der Waals surface area contributed by atoms with Crippen LogP contribution >= 0.6 is 0 Å². The molecule has 0 amide bonds. The number of aliphatic hydroxyl groups is 1. The average Bonchev–Trinajstić information content (AvgIpc) is 2.94. The number of carbonyl (C=O) groups excluding carboxylic acids is 1. The fourth-order valence-electron chi connectivity index (χ4n) is 8.13. The molecule has 0 bridgehead atoms. The highest BCUT2D eigenvalue weighted by molar-refractivity contribution is 5.66. The van der Waals surface area contributed by atoms with E-state index in [4.69, 9.17) is 9.15 Å². The minimum Gasteiger partial charge on any atom is -0.462 e. The molecule has 4 aliphatic carbocycles. The largest absolute Gasteiger partial charge is 0.462 e. The molecule has 31 heavy (non-hydrogen) atoms. The van der Waals surface area contributed by atoms with Gasteiger partial charge in [0.25, 0.3) is 0 Å². The van der Waals surface area contributed by atoms with Gasteiger partial charge in [-0.2, -0.15) is 0 Å². The van der Waals surface area contributed by atoms with Crippen LogP contribution in [0.4, 0.5) is 0 Å². The third kappa shape index (κ3) is 2.92. The van der Waals surface area contributed by atoms with Gasteiger partial charge in [-0.1, -0.05) is 31.9 Å². The van der Waals surface area contributed by atoms with Crippen molar-refractivity contribution in [1.29, 1.82) is 0 Å². The van der Waals surface area contributed by atoms with E-state index in [1.807, 2.05) is 0 Å². The lowest BCUT2D eigenvalue weighted by Crippen LogP contribution is -2.59. The van der Waals surface area contributed by atoms with Crippen LogP contribution in [0.5, 0.6) is 0 Å². The third-order valence-corrected chi connectivity index (χ3v) is 9.60. The van der Waals surface area contributed by atoms with Crippen molar-refractivity contribution in [2.45, 2.75) is 89.8 Å². The molecule has 0 spiro atoms. The Morgan fingerprint density at radius 3 is 2.71 bits per heavy atom. The van der Waals surface area contributed by atoms with Crippen molar-refractivity contribution in [2.24, 2.45) is 22.7 Å². The Morgan fingerprint density at radius 2 is 2.00 bits per heavy atom. The zero-order valence-electron chi connectivity index (χ0n) is 18.9. The van der Waals surface area contributed by atoms with E-state index < -0.39 is 22.7 Å². The summed E-state index contributed by atoms with van der Waals surface area (Å²) in [5.74, 6) is 0.0734. The van der Waals surface area contributed by atoms with Gasteiger partial charge in [0.15, 0.2) is 0 Å². The SMILES string of the molecule is CC(=O)OC1CC2(O)C3CC=C4CCCCC4(C)C3CCC2(C)C1c1ccc(=O)oc1. The van der Waals surface area contributed by atoms with Crippen LogP contribution in [0.25, 0.3) is 0 Å². The number of hydrogen-bond donors (Lipinski definition) is 1. The molecule has 1 aromatic rings. The fourth-order valence-corrected chi connectivity index (χ4v) is 8.13. The monoisotopic (exact) mass is 426 g/mol. The van der Waals surface area contributed by atoms with E-state index in [9.17, 15) is 14.7 Å². The maximum Gasteiger partial charge on any atom is 0.335 e. The Labute approximate surface area is 183 Å². The lowest BCUT2D eigenvalue weighted by atomic mass is 9.45. The first-order chi connectivity index (χ1) is 14.7. The van der Waals surface area contributed by atoms with Gasteiger partial charge in [0.2, 0.25) is 0 Å².